The first-order chi connectivity index (χ1) is 28.8. The molecule has 0 fully saturated rings. The first-order valence-corrected chi connectivity index (χ1v) is 20.3. The zero-order valence-corrected chi connectivity index (χ0v) is 31.6. The Bertz CT molecular complexity index is 4000. The lowest BCUT2D eigenvalue weighted by Crippen LogP contribution is -1.90. The number of hydrogen-bond acceptors (Lipinski definition) is 0. The van der Waals surface area contributed by atoms with Crippen molar-refractivity contribution >= 4 is 43.1 Å². The van der Waals surface area contributed by atoms with E-state index in [1.807, 2.05) is 0 Å². The van der Waals surface area contributed by atoms with Gasteiger partial charge in [0.15, 0.2) is 0 Å². The largest absolute Gasteiger partial charge is 0.0622 e. The zero-order valence-electron chi connectivity index (χ0n) is 31.6. The summed E-state index contributed by atoms with van der Waals surface area (Å²) < 4.78 is 0. The molecule has 0 N–H and O–H groups in total. The van der Waals surface area contributed by atoms with Gasteiger partial charge in [-0.3, -0.25) is 0 Å². The predicted octanol–water partition coefficient (Wildman–Crippen LogP) is 14.7. The summed E-state index contributed by atoms with van der Waals surface area (Å²) in [4.78, 5) is 0. The van der Waals surface area contributed by atoms with Crippen molar-refractivity contribution in [2.75, 3.05) is 0 Å². The van der Waals surface area contributed by atoms with Gasteiger partial charge in [0.05, 0.1) is 0 Å². The van der Waals surface area contributed by atoms with E-state index in [9.17, 15) is 0 Å². The van der Waals surface area contributed by atoms with Gasteiger partial charge in [0.25, 0.3) is 0 Å². The molecule has 2 aliphatic rings. The van der Waals surface area contributed by atoms with Crippen molar-refractivity contribution in [3.63, 3.8) is 0 Å². The Morgan fingerprint density at radius 1 is 0.224 bits per heavy atom. The van der Waals surface area contributed by atoms with Crippen molar-refractivity contribution in [2.24, 2.45) is 0 Å². The molecule has 11 aromatic carbocycles. The van der Waals surface area contributed by atoms with Crippen LogP contribution in [0.2, 0.25) is 0 Å². The third kappa shape index (κ3) is 4.40. The van der Waals surface area contributed by atoms with Gasteiger partial charge < -0.3 is 0 Å². The highest BCUT2D eigenvalue weighted by molar-refractivity contribution is 6.15. The summed E-state index contributed by atoms with van der Waals surface area (Å²) >= 11 is 0. The lowest BCUT2D eigenvalue weighted by atomic mass is 9.87. The molecule has 0 bridgehead atoms. The van der Waals surface area contributed by atoms with E-state index in [-0.39, 0.29) is 0 Å². The number of hydrogen-bond donors (Lipinski definition) is 0. The molecule has 0 atom stereocenters. The quantitative estimate of drug-likeness (QED) is 0.158. The Balaban J connectivity index is 1.17. The van der Waals surface area contributed by atoms with Crippen LogP contribution in [0.15, 0.2) is 206 Å². The molecule has 0 amide bonds. The van der Waals surface area contributed by atoms with E-state index in [4.69, 9.17) is 0 Å². The minimum absolute atomic E-state index is 1.23. The highest BCUT2D eigenvalue weighted by Crippen LogP contribution is 2.43. The predicted molar refractivity (Wildman–Crippen MR) is 242 cm³/mol. The number of fused-ring (bicyclic) bond motifs is 5. The third-order valence-electron chi connectivity index (χ3n) is 12.9. The van der Waals surface area contributed by atoms with Crippen LogP contribution in [0.5, 0.6) is 0 Å². The van der Waals surface area contributed by atoms with Crippen LogP contribution in [-0.4, -0.2) is 0 Å². The molecule has 11 aromatic rings. The van der Waals surface area contributed by atoms with Crippen molar-refractivity contribution < 1.29 is 0 Å². The molecule has 0 aliphatic heterocycles. The van der Waals surface area contributed by atoms with Gasteiger partial charge in [-0.05, 0) is 160 Å². The van der Waals surface area contributed by atoms with Crippen LogP contribution in [0.3, 0.4) is 0 Å². The minimum Gasteiger partial charge on any atom is -0.0622 e. The van der Waals surface area contributed by atoms with E-state index >= 15 is 0 Å². The fourth-order valence-electron chi connectivity index (χ4n) is 10.4. The highest BCUT2D eigenvalue weighted by Gasteiger charge is 2.20. The van der Waals surface area contributed by atoms with Gasteiger partial charge in [0.2, 0.25) is 0 Å². The second-order valence-corrected chi connectivity index (χ2v) is 15.9. The summed E-state index contributed by atoms with van der Waals surface area (Å²) in [5.74, 6) is 0. The molecule has 13 rings (SSSR count). The summed E-state index contributed by atoms with van der Waals surface area (Å²) in [6.45, 7) is 0. The van der Waals surface area contributed by atoms with E-state index in [2.05, 4.69) is 206 Å². The van der Waals surface area contributed by atoms with Crippen LogP contribution in [0, 0.1) is 41.7 Å². The Hall–Kier alpha value is -7.54. The summed E-state index contributed by atoms with van der Waals surface area (Å²) in [5, 5.41) is 21.0. The van der Waals surface area contributed by atoms with E-state index in [0.29, 0.717) is 0 Å². The van der Waals surface area contributed by atoms with E-state index in [0.717, 1.165) is 0 Å². The molecule has 0 heterocycles. The Morgan fingerprint density at radius 3 is 1.50 bits per heavy atom. The first kappa shape index (κ1) is 31.6. The molecule has 0 nitrogen and oxygen atoms in total. The zero-order chi connectivity index (χ0) is 37.9. The maximum Gasteiger partial charge on any atom is -0.00136 e. The van der Waals surface area contributed by atoms with Crippen molar-refractivity contribution in [2.45, 2.75) is 0 Å². The van der Waals surface area contributed by atoms with Gasteiger partial charge in [-0.15, -0.1) is 0 Å². The van der Waals surface area contributed by atoms with Gasteiger partial charge in [0.1, 0.15) is 0 Å². The van der Waals surface area contributed by atoms with Gasteiger partial charge in [-0.1, -0.05) is 176 Å². The second-order valence-electron chi connectivity index (χ2n) is 15.9. The molecular formula is C58H34. The van der Waals surface area contributed by atoms with Crippen LogP contribution in [0.1, 0.15) is 0 Å². The second kappa shape index (κ2) is 12.0. The number of benzene rings is 11. The summed E-state index contributed by atoms with van der Waals surface area (Å²) in [5.41, 5.74) is 10.1. The molecule has 58 heavy (non-hydrogen) atoms. The fourth-order valence-corrected chi connectivity index (χ4v) is 10.4. The average molecular weight is 731 g/mol. The van der Waals surface area contributed by atoms with Crippen LogP contribution in [0.4, 0.5) is 0 Å². The molecule has 0 heteroatoms. The maximum absolute atomic E-state index is 2.50. The standard InChI is InChI=1S/C58H34/c1-3-14-35(15-4-1)37-20-13-21-40(30-37)54-43-23-9-8-19-39(43)32-53-48-27-26-46-51-33-41-31-38-18-7-10-24-44(38)55(45-25-12-11-22-42(45)36-16-5-2-6-17-36)50(41)34-52(51)47-28-29-49(58(53)54)57(48)56(46)47/h1-34H. The van der Waals surface area contributed by atoms with Gasteiger partial charge in [-0.25, -0.2) is 0 Å². The van der Waals surface area contributed by atoms with E-state index in [1.54, 1.807) is 0 Å². The lowest BCUT2D eigenvalue weighted by Gasteiger charge is -2.16. The molecule has 0 saturated carbocycles. The first-order valence-electron chi connectivity index (χ1n) is 20.3. The maximum atomic E-state index is 2.50. The smallest absolute Gasteiger partial charge is 0.00136 e. The summed E-state index contributed by atoms with van der Waals surface area (Å²) in [6.07, 6.45) is 0. The minimum atomic E-state index is 1.23. The molecule has 0 aromatic heterocycles. The van der Waals surface area contributed by atoms with Crippen LogP contribution >= 0.6 is 0 Å². The van der Waals surface area contributed by atoms with Crippen molar-refractivity contribution in [3.8, 4) is 44.5 Å². The Kier molecular flexibility index (Phi) is 6.54. The Morgan fingerprint density at radius 2 is 0.741 bits per heavy atom. The van der Waals surface area contributed by atoms with E-state index in [1.165, 1.54) is 129 Å². The molecule has 0 unspecified atom stereocenters. The van der Waals surface area contributed by atoms with Crippen molar-refractivity contribution in [1.82, 2.24) is 0 Å². The van der Waals surface area contributed by atoms with Gasteiger partial charge in [-0.2, -0.15) is 0 Å². The fraction of sp³-hybridized carbons (Fsp3) is 0. The monoisotopic (exact) mass is 730 g/mol. The van der Waals surface area contributed by atoms with Crippen LogP contribution < -0.4 is 0 Å². The SMILES string of the molecule is c1ccc(-c2cccc(-c3c4c(cc5ccccc35)=c3ccc5c6c(ccc=4c36)=c3cc4c(-c6ccccc6-c6ccccc6)c6ccccc6cc4cc3=5)c2)cc1. The molecule has 266 valence electrons. The Labute approximate surface area is 334 Å². The third-order valence-corrected chi connectivity index (χ3v) is 12.9. The topological polar surface area (TPSA) is 0 Å². The van der Waals surface area contributed by atoms with Crippen LogP contribution in [0.25, 0.3) is 87.6 Å². The molecule has 0 saturated heterocycles. The lowest BCUT2D eigenvalue weighted by molar-refractivity contribution is 1.49. The molecule has 0 radical (unpaired) electrons. The van der Waals surface area contributed by atoms with E-state index < -0.39 is 0 Å². The van der Waals surface area contributed by atoms with Gasteiger partial charge >= 0.3 is 0 Å². The summed E-state index contributed by atoms with van der Waals surface area (Å²) in [6, 6.07) is 76.9. The van der Waals surface area contributed by atoms with Gasteiger partial charge in [0, 0.05) is 0 Å². The average Bonchev–Trinajstić information content (AvgIpc) is 3.78. The molecule has 2 aliphatic carbocycles. The van der Waals surface area contributed by atoms with Crippen LogP contribution in [-0.2, 0) is 0 Å². The number of rotatable bonds is 4. The molecular weight excluding hydrogens is 697 g/mol. The normalized spacial score (nSPS) is 12.1. The highest BCUT2D eigenvalue weighted by atomic mass is 14.2. The molecule has 0 spiro atoms. The van der Waals surface area contributed by atoms with Crippen molar-refractivity contribution in [1.29, 1.82) is 0 Å². The summed E-state index contributed by atoms with van der Waals surface area (Å²) in [7, 11) is 0. The van der Waals surface area contributed by atoms with Crippen molar-refractivity contribution in [3.05, 3.63) is 248 Å².